The minimum atomic E-state index is -0.624. The average molecular weight is 524 g/mol. The van der Waals surface area contributed by atoms with Gasteiger partial charge >= 0.3 is 5.97 Å². The molecule has 1 N–H and O–H groups in total. The van der Waals surface area contributed by atoms with E-state index in [0.29, 0.717) is 19.5 Å². The molecule has 3 aliphatic rings. The number of carbonyl (C=O) groups excluding carboxylic acids is 4. The maximum Gasteiger partial charge on any atom is 0.355 e. The van der Waals surface area contributed by atoms with Crippen molar-refractivity contribution in [3.05, 3.63) is 65.6 Å². The molecule has 1 aromatic rings. The van der Waals surface area contributed by atoms with Crippen LogP contribution in [0.25, 0.3) is 0 Å². The monoisotopic (exact) mass is 523 g/mol. The van der Waals surface area contributed by atoms with E-state index in [9.17, 15) is 19.2 Å². The van der Waals surface area contributed by atoms with Crippen LogP contribution in [0.3, 0.4) is 0 Å². The third-order valence-corrected chi connectivity index (χ3v) is 6.55. The van der Waals surface area contributed by atoms with E-state index in [0.717, 1.165) is 5.57 Å². The van der Waals surface area contributed by atoms with Gasteiger partial charge in [-0.15, -0.1) is 0 Å². The SMILES string of the molecule is CC1=C[C@H]2O[C@@H]2C(=O)Cc2nc(co2)C(=O)N2CCC=C2C(=O)O[C@H](C(C)C)[C@H](C)C=CC(=O)NCC=C1. The van der Waals surface area contributed by atoms with Crippen molar-refractivity contribution >= 4 is 23.6 Å². The molecule has 0 aliphatic carbocycles. The molecule has 2 amide bonds. The smallest absolute Gasteiger partial charge is 0.355 e. The first-order valence-electron chi connectivity index (χ1n) is 12.8. The maximum atomic E-state index is 13.2. The number of fused-ring (bicyclic) bond motifs is 4. The van der Waals surface area contributed by atoms with Crippen molar-refractivity contribution in [3.8, 4) is 0 Å². The van der Waals surface area contributed by atoms with E-state index < -0.39 is 24.1 Å². The summed E-state index contributed by atoms with van der Waals surface area (Å²) in [7, 11) is 0. The van der Waals surface area contributed by atoms with Crippen molar-refractivity contribution in [2.45, 2.75) is 58.8 Å². The first kappa shape index (κ1) is 27.3. The number of epoxide rings is 1. The largest absolute Gasteiger partial charge is 0.457 e. The second-order valence-electron chi connectivity index (χ2n) is 10.0. The van der Waals surface area contributed by atoms with Crippen LogP contribution in [0.2, 0.25) is 0 Å². The Kier molecular flexibility index (Phi) is 8.41. The Morgan fingerprint density at radius 3 is 2.71 bits per heavy atom. The number of ether oxygens (including phenoxy) is 2. The Morgan fingerprint density at radius 2 is 1.95 bits per heavy atom. The lowest BCUT2D eigenvalue weighted by Crippen LogP contribution is -2.36. The van der Waals surface area contributed by atoms with E-state index in [1.165, 1.54) is 17.2 Å². The van der Waals surface area contributed by atoms with Crippen LogP contribution in [0.5, 0.6) is 0 Å². The zero-order chi connectivity index (χ0) is 27.4. The van der Waals surface area contributed by atoms with Crippen molar-refractivity contribution in [2.75, 3.05) is 13.1 Å². The number of Topliss-reactive ketones (excluding diaryl/α,β-unsaturated/α-hetero) is 1. The summed E-state index contributed by atoms with van der Waals surface area (Å²) in [5.74, 6) is -1.79. The van der Waals surface area contributed by atoms with Gasteiger partial charge in [0.25, 0.3) is 5.91 Å². The van der Waals surface area contributed by atoms with E-state index in [1.807, 2.05) is 39.8 Å². The summed E-state index contributed by atoms with van der Waals surface area (Å²) in [6, 6.07) is 0. The molecule has 10 nitrogen and oxygen atoms in total. The molecule has 4 heterocycles. The normalized spacial score (nSPS) is 27.3. The summed E-state index contributed by atoms with van der Waals surface area (Å²) < 4.78 is 16.7. The van der Waals surface area contributed by atoms with Gasteiger partial charge in [0.05, 0.1) is 6.42 Å². The van der Waals surface area contributed by atoms with Crippen molar-refractivity contribution < 1.29 is 33.1 Å². The summed E-state index contributed by atoms with van der Waals surface area (Å²) in [4.78, 5) is 56.7. The van der Waals surface area contributed by atoms with Gasteiger partial charge in [-0.2, -0.15) is 0 Å². The highest BCUT2D eigenvalue weighted by atomic mass is 16.6. The minimum absolute atomic E-state index is 0.00339. The second-order valence-corrected chi connectivity index (χ2v) is 10.0. The van der Waals surface area contributed by atoms with Crippen LogP contribution in [-0.2, 0) is 30.3 Å². The predicted molar refractivity (Wildman–Crippen MR) is 137 cm³/mol. The molecule has 4 atom stereocenters. The number of hydrogen-bond acceptors (Lipinski definition) is 8. The number of nitrogens with one attached hydrogen (secondary N) is 1. The van der Waals surface area contributed by atoms with Gasteiger partial charge in [0, 0.05) is 19.0 Å². The molecule has 4 rings (SSSR count). The zero-order valence-electron chi connectivity index (χ0n) is 22.0. The van der Waals surface area contributed by atoms with Gasteiger partial charge in [-0.1, -0.05) is 50.6 Å². The summed E-state index contributed by atoms with van der Waals surface area (Å²) in [5, 5.41) is 2.78. The van der Waals surface area contributed by atoms with E-state index >= 15 is 0 Å². The fourth-order valence-electron chi connectivity index (χ4n) is 4.51. The van der Waals surface area contributed by atoms with Gasteiger partial charge in [-0.05, 0) is 31.4 Å². The van der Waals surface area contributed by atoms with Crippen LogP contribution in [0.4, 0.5) is 0 Å². The van der Waals surface area contributed by atoms with Crippen molar-refractivity contribution in [3.63, 3.8) is 0 Å². The molecule has 10 heteroatoms. The Hall–Kier alpha value is -3.79. The molecule has 3 aliphatic heterocycles. The number of hydrogen-bond donors (Lipinski definition) is 1. The molecule has 1 saturated heterocycles. The van der Waals surface area contributed by atoms with Crippen LogP contribution in [0, 0.1) is 11.8 Å². The first-order valence-corrected chi connectivity index (χ1v) is 12.8. The Balaban J connectivity index is 1.57. The predicted octanol–water partition coefficient (Wildman–Crippen LogP) is 2.68. The molecule has 1 fully saturated rings. The molecule has 0 unspecified atom stereocenters. The molecule has 1 aromatic heterocycles. The zero-order valence-corrected chi connectivity index (χ0v) is 22.0. The maximum absolute atomic E-state index is 13.2. The summed E-state index contributed by atoms with van der Waals surface area (Å²) in [6.07, 6.45) is 10.4. The minimum Gasteiger partial charge on any atom is -0.457 e. The molecule has 2 bridgehead atoms. The Morgan fingerprint density at radius 1 is 1.16 bits per heavy atom. The van der Waals surface area contributed by atoms with Crippen LogP contribution >= 0.6 is 0 Å². The highest BCUT2D eigenvalue weighted by molar-refractivity contribution is 6.00. The van der Waals surface area contributed by atoms with Gasteiger partial charge in [0.15, 0.2) is 11.5 Å². The number of oxazole rings is 1. The lowest BCUT2D eigenvalue weighted by molar-refractivity contribution is -0.149. The summed E-state index contributed by atoms with van der Waals surface area (Å²) >= 11 is 0. The number of esters is 1. The van der Waals surface area contributed by atoms with Gasteiger partial charge in [0.1, 0.15) is 30.3 Å². The lowest BCUT2D eigenvalue weighted by atomic mass is 9.94. The van der Waals surface area contributed by atoms with Crippen molar-refractivity contribution in [2.24, 2.45) is 11.8 Å². The number of carbonyl (C=O) groups is 4. The highest BCUT2D eigenvalue weighted by Crippen LogP contribution is 2.28. The van der Waals surface area contributed by atoms with Crippen LogP contribution in [0.15, 0.2) is 58.4 Å². The van der Waals surface area contributed by atoms with Crippen LogP contribution < -0.4 is 5.32 Å². The Labute approximate surface area is 221 Å². The number of ketones is 1. The fraction of sp³-hybridized carbons (Fsp3) is 0.464. The summed E-state index contributed by atoms with van der Waals surface area (Å²) in [5.41, 5.74) is 1.03. The van der Waals surface area contributed by atoms with Crippen LogP contribution in [-0.4, -0.2) is 64.9 Å². The second kappa shape index (κ2) is 11.7. The Bertz CT molecular complexity index is 1220. The molecule has 0 radical (unpaired) electrons. The summed E-state index contributed by atoms with van der Waals surface area (Å²) in [6.45, 7) is 8.22. The van der Waals surface area contributed by atoms with Gasteiger partial charge < -0.3 is 24.1 Å². The van der Waals surface area contributed by atoms with Gasteiger partial charge in [-0.25, -0.2) is 9.78 Å². The number of rotatable bonds is 1. The van der Waals surface area contributed by atoms with Crippen molar-refractivity contribution in [1.29, 1.82) is 0 Å². The molecule has 0 spiro atoms. The molecule has 38 heavy (non-hydrogen) atoms. The van der Waals surface area contributed by atoms with E-state index in [1.54, 1.807) is 18.2 Å². The van der Waals surface area contributed by atoms with E-state index in [-0.39, 0.29) is 53.3 Å². The topological polar surface area (TPSA) is 131 Å². The molecular weight excluding hydrogens is 490 g/mol. The number of aromatic nitrogens is 1. The number of cyclic esters (lactones) is 1. The quantitative estimate of drug-likeness (QED) is 0.439. The third-order valence-electron chi connectivity index (χ3n) is 6.55. The van der Waals surface area contributed by atoms with E-state index in [4.69, 9.17) is 13.9 Å². The molecule has 0 aromatic carbocycles. The first-order chi connectivity index (χ1) is 18.1. The third kappa shape index (κ3) is 6.55. The number of nitrogens with zero attached hydrogens (tertiary/aromatic N) is 2. The molecule has 202 valence electrons. The van der Waals surface area contributed by atoms with Gasteiger partial charge in [-0.3, -0.25) is 14.4 Å². The van der Waals surface area contributed by atoms with Gasteiger partial charge in [0.2, 0.25) is 11.8 Å². The number of amides is 2. The van der Waals surface area contributed by atoms with Crippen molar-refractivity contribution in [1.82, 2.24) is 15.2 Å². The fourth-order valence-corrected chi connectivity index (χ4v) is 4.51. The average Bonchev–Trinajstić information content (AvgIpc) is 3.25. The number of allylic oxidation sites excluding steroid dienone is 2. The van der Waals surface area contributed by atoms with E-state index in [2.05, 4.69) is 10.3 Å². The molecule has 0 saturated carbocycles. The molecular formula is C28H33N3O7. The lowest BCUT2D eigenvalue weighted by Gasteiger charge is -2.27. The standard InChI is InChI=1S/C28H33N3O7/c1-16(2)25-18(4)9-10-23(33)29-11-5-7-17(3)13-22-26(37-22)21(32)14-24-30-19(15-36-24)27(34)31-12-6-8-20(31)28(35)38-25/h5,7-10,13,15-16,18,22,25-26H,6,11-12,14H2,1-4H3,(H,29,33)/t18-,22-,25-,26-/m1/s1. The van der Waals surface area contributed by atoms with Crippen LogP contribution in [0.1, 0.15) is 50.5 Å². The highest BCUT2D eigenvalue weighted by Gasteiger charge is 2.43.